The Kier molecular flexibility index (Phi) is 2.23. The van der Waals surface area contributed by atoms with Crippen LogP contribution in [-0.2, 0) is 0 Å². The molecule has 0 amide bonds. The minimum atomic E-state index is -0.0643. The van der Waals surface area contributed by atoms with Gasteiger partial charge in [0.05, 0.1) is 0 Å². The van der Waals surface area contributed by atoms with Crippen molar-refractivity contribution < 1.29 is 0 Å². The second-order valence-electron chi connectivity index (χ2n) is 3.13. The molecule has 0 saturated carbocycles. The van der Waals surface area contributed by atoms with Gasteiger partial charge in [-0.1, -0.05) is 18.2 Å². The zero-order valence-corrected chi connectivity index (χ0v) is 8.00. The lowest BCUT2D eigenvalue weighted by atomic mass is 10.2. The van der Waals surface area contributed by atoms with Gasteiger partial charge in [-0.3, -0.25) is 4.79 Å². The Morgan fingerprint density at radius 3 is 2.93 bits per heavy atom. The molecule has 14 heavy (non-hydrogen) atoms. The number of aromatic amines is 1. The first kappa shape index (κ1) is 8.81. The molecule has 3 nitrogen and oxygen atoms in total. The molecule has 0 bridgehead atoms. The molecule has 3 heteroatoms. The van der Waals surface area contributed by atoms with Crippen LogP contribution in [0.1, 0.15) is 6.92 Å². The number of rotatable bonds is 2. The summed E-state index contributed by atoms with van der Waals surface area (Å²) in [7, 11) is 0. The average Bonchev–Trinajstić information content (AvgIpc) is 2.19. The summed E-state index contributed by atoms with van der Waals surface area (Å²) in [6.07, 6.45) is 0. The summed E-state index contributed by atoms with van der Waals surface area (Å²) in [4.78, 5) is 14.3. The summed E-state index contributed by atoms with van der Waals surface area (Å²) >= 11 is 0. The monoisotopic (exact) mass is 188 g/mol. The molecular weight excluding hydrogens is 176 g/mol. The largest absolute Gasteiger partial charge is 0.381 e. The Morgan fingerprint density at radius 1 is 1.36 bits per heavy atom. The van der Waals surface area contributed by atoms with Gasteiger partial charge < -0.3 is 10.3 Å². The molecule has 0 aliphatic carbocycles. The lowest BCUT2D eigenvalue weighted by molar-refractivity contribution is 1.18. The predicted octanol–water partition coefficient (Wildman–Crippen LogP) is 1.96. The molecule has 0 radical (unpaired) electrons. The average molecular weight is 188 g/mol. The lowest BCUT2D eigenvalue weighted by Crippen LogP contribution is -2.13. The van der Waals surface area contributed by atoms with E-state index in [0.717, 1.165) is 17.4 Å². The van der Waals surface area contributed by atoms with Crippen LogP contribution in [0.4, 0.5) is 5.69 Å². The van der Waals surface area contributed by atoms with E-state index < -0.39 is 0 Å². The summed E-state index contributed by atoms with van der Waals surface area (Å²) in [5.41, 5.74) is 1.44. The molecule has 0 fully saturated rings. The van der Waals surface area contributed by atoms with E-state index in [1.807, 2.05) is 37.3 Å². The van der Waals surface area contributed by atoms with Gasteiger partial charge >= 0.3 is 0 Å². The van der Waals surface area contributed by atoms with Gasteiger partial charge in [-0.05, 0) is 19.1 Å². The van der Waals surface area contributed by atoms with E-state index in [1.165, 1.54) is 0 Å². The van der Waals surface area contributed by atoms with Crippen LogP contribution in [0.5, 0.6) is 0 Å². The Morgan fingerprint density at radius 2 is 2.14 bits per heavy atom. The molecule has 0 aliphatic heterocycles. The molecule has 2 rings (SSSR count). The van der Waals surface area contributed by atoms with Gasteiger partial charge in [0, 0.05) is 17.4 Å². The summed E-state index contributed by atoms with van der Waals surface area (Å²) < 4.78 is 0. The maximum Gasteiger partial charge on any atom is 0.271 e. The first-order chi connectivity index (χ1) is 6.81. The molecule has 0 saturated heterocycles. The van der Waals surface area contributed by atoms with Gasteiger partial charge in [0.2, 0.25) is 0 Å². The highest BCUT2D eigenvalue weighted by Gasteiger charge is 1.99. The molecular formula is C11H12N2O. The maximum absolute atomic E-state index is 11.5. The van der Waals surface area contributed by atoms with E-state index in [9.17, 15) is 4.79 Å². The molecule has 1 heterocycles. The zero-order valence-electron chi connectivity index (χ0n) is 8.00. The van der Waals surface area contributed by atoms with Crippen molar-refractivity contribution >= 4 is 16.6 Å². The first-order valence-electron chi connectivity index (χ1n) is 4.67. The molecule has 0 unspecified atom stereocenters. The van der Waals surface area contributed by atoms with Crippen molar-refractivity contribution in [2.24, 2.45) is 0 Å². The van der Waals surface area contributed by atoms with Crippen LogP contribution in [0.25, 0.3) is 10.9 Å². The molecule has 2 N–H and O–H groups in total. The molecule has 0 spiro atoms. The fourth-order valence-electron chi connectivity index (χ4n) is 1.47. The van der Waals surface area contributed by atoms with E-state index in [1.54, 1.807) is 0 Å². The van der Waals surface area contributed by atoms with E-state index in [2.05, 4.69) is 10.3 Å². The number of benzene rings is 1. The third-order valence-corrected chi connectivity index (χ3v) is 2.12. The predicted molar refractivity (Wildman–Crippen MR) is 58.7 cm³/mol. The van der Waals surface area contributed by atoms with Crippen molar-refractivity contribution in [2.75, 3.05) is 11.9 Å². The Hall–Kier alpha value is -1.77. The number of hydrogen-bond donors (Lipinski definition) is 2. The van der Waals surface area contributed by atoms with Crippen molar-refractivity contribution in [1.82, 2.24) is 4.98 Å². The molecule has 2 aromatic rings. The third-order valence-electron chi connectivity index (χ3n) is 2.12. The van der Waals surface area contributed by atoms with E-state index in [0.29, 0.717) is 5.69 Å². The van der Waals surface area contributed by atoms with Crippen LogP contribution >= 0.6 is 0 Å². The van der Waals surface area contributed by atoms with Crippen molar-refractivity contribution in [3.05, 3.63) is 40.7 Å². The Labute approximate surface area is 81.8 Å². The van der Waals surface area contributed by atoms with Crippen molar-refractivity contribution in [2.45, 2.75) is 6.92 Å². The normalized spacial score (nSPS) is 10.4. The number of aromatic nitrogens is 1. The first-order valence-corrected chi connectivity index (χ1v) is 4.67. The SMILES string of the molecule is CCNc1cc2ccccc2[nH]c1=O. The van der Waals surface area contributed by atoms with Gasteiger partial charge in [-0.25, -0.2) is 0 Å². The van der Waals surface area contributed by atoms with Crippen LogP contribution in [0.3, 0.4) is 0 Å². The van der Waals surface area contributed by atoms with Crippen molar-refractivity contribution in [3.63, 3.8) is 0 Å². The quantitative estimate of drug-likeness (QED) is 0.756. The summed E-state index contributed by atoms with van der Waals surface area (Å²) in [6.45, 7) is 2.72. The van der Waals surface area contributed by atoms with Crippen LogP contribution in [-0.4, -0.2) is 11.5 Å². The van der Waals surface area contributed by atoms with Crippen LogP contribution in [0, 0.1) is 0 Å². The van der Waals surface area contributed by atoms with E-state index in [-0.39, 0.29) is 5.56 Å². The zero-order chi connectivity index (χ0) is 9.97. The van der Waals surface area contributed by atoms with Crippen LogP contribution in [0.15, 0.2) is 35.1 Å². The lowest BCUT2D eigenvalue weighted by Gasteiger charge is -2.03. The maximum atomic E-state index is 11.5. The second-order valence-corrected chi connectivity index (χ2v) is 3.13. The second kappa shape index (κ2) is 3.54. The summed E-state index contributed by atoms with van der Waals surface area (Å²) in [6, 6.07) is 9.61. The van der Waals surface area contributed by atoms with Crippen LogP contribution in [0.2, 0.25) is 0 Å². The Balaban J connectivity index is 2.65. The van der Waals surface area contributed by atoms with Crippen molar-refractivity contribution in [3.8, 4) is 0 Å². The van der Waals surface area contributed by atoms with Gasteiger partial charge in [-0.15, -0.1) is 0 Å². The van der Waals surface area contributed by atoms with Gasteiger partial charge in [-0.2, -0.15) is 0 Å². The topological polar surface area (TPSA) is 44.9 Å². The highest BCUT2D eigenvalue weighted by molar-refractivity contribution is 5.81. The van der Waals surface area contributed by atoms with E-state index >= 15 is 0 Å². The summed E-state index contributed by atoms with van der Waals surface area (Å²) in [5.74, 6) is 0. The number of hydrogen-bond acceptors (Lipinski definition) is 2. The number of nitrogens with one attached hydrogen (secondary N) is 2. The third kappa shape index (κ3) is 1.48. The standard InChI is InChI=1S/C11H12N2O/c1-2-12-10-7-8-5-3-4-6-9(8)13-11(10)14/h3-7,12H,2H2,1H3,(H,13,14). The minimum Gasteiger partial charge on any atom is -0.381 e. The molecule has 0 atom stereocenters. The van der Waals surface area contributed by atoms with Crippen molar-refractivity contribution in [1.29, 1.82) is 0 Å². The van der Waals surface area contributed by atoms with Gasteiger partial charge in [0.25, 0.3) is 5.56 Å². The van der Waals surface area contributed by atoms with Gasteiger partial charge in [0.15, 0.2) is 0 Å². The number of fused-ring (bicyclic) bond motifs is 1. The summed E-state index contributed by atoms with van der Waals surface area (Å²) in [5, 5.41) is 4.07. The molecule has 0 aliphatic rings. The number of para-hydroxylation sites is 1. The molecule has 1 aromatic heterocycles. The van der Waals surface area contributed by atoms with Gasteiger partial charge in [0.1, 0.15) is 5.69 Å². The smallest absolute Gasteiger partial charge is 0.271 e. The Bertz CT molecular complexity index is 502. The van der Waals surface area contributed by atoms with E-state index in [4.69, 9.17) is 0 Å². The molecule has 72 valence electrons. The number of anilines is 1. The number of H-pyrrole nitrogens is 1. The molecule has 1 aromatic carbocycles. The van der Waals surface area contributed by atoms with Crippen LogP contribution < -0.4 is 10.9 Å². The minimum absolute atomic E-state index is 0.0643. The highest BCUT2D eigenvalue weighted by atomic mass is 16.1. The highest BCUT2D eigenvalue weighted by Crippen LogP contribution is 2.12. The fraction of sp³-hybridized carbons (Fsp3) is 0.182. The fourth-order valence-corrected chi connectivity index (χ4v) is 1.47. The number of pyridine rings is 1.